The summed E-state index contributed by atoms with van der Waals surface area (Å²) in [6.45, 7) is 2.05. The number of hydrogen-bond acceptors (Lipinski definition) is 1. The van der Waals surface area contributed by atoms with Gasteiger partial charge in [-0.3, -0.25) is 0 Å². The van der Waals surface area contributed by atoms with Gasteiger partial charge < -0.3 is 10.6 Å². The number of nitrogens with one attached hydrogen (secondary N) is 2. The van der Waals surface area contributed by atoms with Crippen molar-refractivity contribution < 1.29 is 4.39 Å². The molecule has 0 amide bonds. The lowest BCUT2D eigenvalue weighted by Gasteiger charge is -2.22. The highest BCUT2D eigenvalue weighted by atomic mass is 79.9. The summed E-state index contributed by atoms with van der Waals surface area (Å²) >= 11 is 8.68. The maximum absolute atomic E-state index is 14.1. The summed E-state index contributed by atoms with van der Waals surface area (Å²) in [6.07, 6.45) is 0. The molecule has 1 unspecified atom stereocenters. The zero-order chi connectivity index (χ0) is 18.5. The average Bonchev–Trinajstić information content (AvgIpc) is 2.64. The Morgan fingerprint density at radius 3 is 2.27 bits per heavy atom. The van der Waals surface area contributed by atoms with E-state index in [-0.39, 0.29) is 11.9 Å². The number of rotatable bonds is 4. The van der Waals surface area contributed by atoms with Gasteiger partial charge in [-0.05, 0) is 48.5 Å². The van der Waals surface area contributed by atoms with Gasteiger partial charge in [-0.2, -0.15) is 0 Å². The fourth-order valence-electron chi connectivity index (χ4n) is 2.64. The van der Waals surface area contributed by atoms with Gasteiger partial charge in [0.25, 0.3) is 0 Å². The Kier molecular flexibility index (Phi) is 6.01. The number of hydrogen-bond donors (Lipinski definition) is 2. The molecule has 5 heteroatoms. The minimum atomic E-state index is -0.366. The van der Waals surface area contributed by atoms with Crippen LogP contribution in [0.25, 0.3) is 0 Å². The Hall–Kier alpha value is -2.24. The molecular formula is C21H18BrFN2S. The molecule has 2 nitrogen and oxygen atoms in total. The second-order valence-electron chi connectivity index (χ2n) is 5.98. The lowest BCUT2D eigenvalue weighted by atomic mass is 9.98. The van der Waals surface area contributed by atoms with Crippen molar-refractivity contribution in [2.45, 2.75) is 13.0 Å². The maximum atomic E-state index is 14.1. The van der Waals surface area contributed by atoms with Crippen molar-refractivity contribution in [1.82, 2.24) is 5.32 Å². The summed E-state index contributed by atoms with van der Waals surface area (Å²) < 4.78 is 14.7. The number of benzene rings is 3. The van der Waals surface area contributed by atoms with E-state index < -0.39 is 0 Å². The highest BCUT2D eigenvalue weighted by Gasteiger charge is 2.15. The Balaban J connectivity index is 1.83. The molecule has 0 fully saturated rings. The predicted octanol–water partition coefficient (Wildman–Crippen LogP) is 5.97. The largest absolute Gasteiger partial charge is 0.352 e. The normalized spacial score (nSPS) is 11.7. The van der Waals surface area contributed by atoms with Crippen LogP contribution in [0, 0.1) is 12.7 Å². The molecule has 3 rings (SSSR count). The van der Waals surface area contributed by atoms with Gasteiger partial charge in [0.05, 0.1) is 11.7 Å². The SMILES string of the molecule is Cc1ccc(C(NC(=S)Nc2ccc(Br)cc2F)c2ccccc2)cc1. The molecule has 0 saturated carbocycles. The molecule has 0 aliphatic carbocycles. The average molecular weight is 429 g/mol. The van der Waals surface area contributed by atoms with E-state index in [2.05, 4.69) is 57.8 Å². The monoisotopic (exact) mass is 428 g/mol. The molecule has 0 spiro atoms. The van der Waals surface area contributed by atoms with E-state index >= 15 is 0 Å². The third-order valence-corrected chi connectivity index (χ3v) is 4.71. The summed E-state index contributed by atoms with van der Waals surface area (Å²) in [5.74, 6) is -0.366. The van der Waals surface area contributed by atoms with Crippen molar-refractivity contribution in [2.75, 3.05) is 5.32 Å². The van der Waals surface area contributed by atoms with E-state index in [1.807, 2.05) is 30.3 Å². The number of anilines is 1. The zero-order valence-electron chi connectivity index (χ0n) is 14.2. The third-order valence-electron chi connectivity index (χ3n) is 4.00. The summed E-state index contributed by atoms with van der Waals surface area (Å²) in [7, 11) is 0. The van der Waals surface area contributed by atoms with Gasteiger partial charge in [0.2, 0.25) is 0 Å². The Morgan fingerprint density at radius 1 is 0.962 bits per heavy atom. The lowest BCUT2D eigenvalue weighted by molar-refractivity contribution is 0.631. The Morgan fingerprint density at radius 2 is 1.62 bits per heavy atom. The number of aryl methyl sites for hydroxylation is 1. The van der Waals surface area contributed by atoms with Crippen LogP contribution >= 0.6 is 28.1 Å². The summed E-state index contributed by atoms with van der Waals surface area (Å²) in [5.41, 5.74) is 3.69. The van der Waals surface area contributed by atoms with Gasteiger partial charge in [0.15, 0.2) is 5.11 Å². The molecule has 0 aromatic heterocycles. The van der Waals surface area contributed by atoms with Crippen LogP contribution in [-0.4, -0.2) is 5.11 Å². The molecule has 0 radical (unpaired) electrons. The standard InChI is InChI=1S/C21H18BrFN2S/c1-14-7-9-16(10-8-14)20(15-5-3-2-4-6-15)25-21(26)24-19-12-11-17(22)13-18(19)23/h2-13,20H,1H3,(H2,24,25,26). The van der Waals surface area contributed by atoms with Gasteiger partial charge in [-0.25, -0.2) is 4.39 Å². The highest BCUT2D eigenvalue weighted by Crippen LogP contribution is 2.23. The Labute approximate surface area is 166 Å². The lowest BCUT2D eigenvalue weighted by Crippen LogP contribution is -2.33. The molecule has 132 valence electrons. The van der Waals surface area contributed by atoms with Gasteiger partial charge in [-0.15, -0.1) is 0 Å². The first-order chi connectivity index (χ1) is 12.5. The topological polar surface area (TPSA) is 24.1 Å². The van der Waals surface area contributed by atoms with Crippen LogP contribution in [0.15, 0.2) is 77.3 Å². The number of halogens is 2. The van der Waals surface area contributed by atoms with Gasteiger partial charge in [0.1, 0.15) is 5.82 Å². The molecule has 26 heavy (non-hydrogen) atoms. The van der Waals surface area contributed by atoms with Crippen LogP contribution in [0.5, 0.6) is 0 Å². The van der Waals surface area contributed by atoms with E-state index in [9.17, 15) is 4.39 Å². The molecule has 2 N–H and O–H groups in total. The zero-order valence-corrected chi connectivity index (χ0v) is 16.6. The molecule has 3 aromatic rings. The molecule has 0 heterocycles. The van der Waals surface area contributed by atoms with Crippen LogP contribution in [0.4, 0.5) is 10.1 Å². The van der Waals surface area contributed by atoms with Crippen molar-refractivity contribution in [3.8, 4) is 0 Å². The summed E-state index contributed by atoms with van der Waals surface area (Å²) in [5, 5.41) is 6.61. The fraction of sp³-hybridized carbons (Fsp3) is 0.0952. The predicted molar refractivity (Wildman–Crippen MR) is 113 cm³/mol. The van der Waals surface area contributed by atoms with Crippen molar-refractivity contribution in [2.24, 2.45) is 0 Å². The van der Waals surface area contributed by atoms with Crippen LogP contribution in [-0.2, 0) is 0 Å². The molecular weight excluding hydrogens is 411 g/mol. The summed E-state index contributed by atoms with van der Waals surface area (Å²) in [6, 6.07) is 23.0. The number of thiocarbonyl (C=S) groups is 1. The van der Waals surface area contributed by atoms with E-state index in [4.69, 9.17) is 12.2 Å². The summed E-state index contributed by atoms with van der Waals surface area (Å²) in [4.78, 5) is 0. The van der Waals surface area contributed by atoms with Crippen LogP contribution in [0.1, 0.15) is 22.7 Å². The second-order valence-corrected chi connectivity index (χ2v) is 7.30. The van der Waals surface area contributed by atoms with Crippen molar-refractivity contribution in [1.29, 1.82) is 0 Å². The first-order valence-corrected chi connectivity index (χ1v) is 9.37. The van der Waals surface area contributed by atoms with Gasteiger partial charge in [0, 0.05) is 4.47 Å². The first kappa shape index (κ1) is 18.5. The first-order valence-electron chi connectivity index (χ1n) is 8.17. The minimum absolute atomic E-state index is 0.129. The molecule has 3 aromatic carbocycles. The van der Waals surface area contributed by atoms with E-state index in [1.165, 1.54) is 11.6 Å². The second kappa shape index (κ2) is 8.43. The molecule has 0 aliphatic heterocycles. The van der Waals surface area contributed by atoms with Crippen molar-refractivity contribution >= 4 is 38.9 Å². The fourth-order valence-corrected chi connectivity index (χ4v) is 3.20. The minimum Gasteiger partial charge on any atom is -0.352 e. The van der Waals surface area contributed by atoms with Gasteiger partial charge in [-0.1, -0.05) is 76.1 Å². The molecule has 1 atom stereocenters. The van der Waals surface area contributed by atoms with Gasteiger partial charge >= 0.3 is 0 Å². The van der Waals surface area contributed by atoms with Crippen molar-refractivity contribution in [3.05, 3.63) is 99.8 Å². The Bertz CT molecular complexity index is 898. The van der Waals surface area contributed by atoms with Crippen LogP contribution < -0.4 is 10.6 Å². The molecule has 0 saturated heterocycles. The van der Waals surface area contributed by atoms with E-state index in [0.29, 0.717) is 15.3 Å². The molecule has 0 aliphatic rings. The third kappa shape index (κ3) is 4.68. The van der Waals surface area contributed by atoms with Crippen LogP contribution in [0.3, 0.4) is 0 Å². The van der Waals surface area contributed by atoms with Crippen LogP contribution in [0.2, 0.25) is 0 Å². The maximum Gasteiger partial charge on any atom is 0.171 e. The van der Waals surface area contributed by atoms with E-state index in [1.54, 1.807) is 12.1 Å². The molecule has 0 bridgehead atoms. The quantitative estimate of drug-likeness (QED) is 0.500. The van der Waals surface area contributed by atoms with Crippen molar-refractivity contribution in [3.63, 3.8) is 0 Å². The highest BCUT2D eigenvalue weighted by molar-refractivity contribution is 9.10. The smallest absolute Gasteiger partial charge is 0.171 e. The van der Waals surface area contributed by atoms with E-state index in [0.717, 1.165) is 11.1 Å².